The first kappa shape index (κ1) is 14.4. The normalized spacial score (nSPS) is 23.6. The van der Waals surface area contributed by atoms with Crippen molar-refractivity contribution in [3.63, 3.8) is 0 Å². The van der Waals surface area contributed by atoms with Crippen LogP contribution >= 0.6 is 0 Å². The van der Waals surface area contributed by atoms with Gasteiger partial charge in [-0.05, 0) is 26.2 Å². The van der Waals surface area contributed by atoms with E-state index in [4.69, 9.17) is 0 Å². The summed E-state index contributed by atoms with van der Waals surface area (Å²) in [6.07, 6.45) is 1.28. The van der Waals surface area contributed by atoms with E-state index >= 15 is 0 Å². The SMILES string of the molecule is Cc1nn(C)c(N2CC(C)CC2C)c1CNC(C)C. The summed E-state index contributed by atoms with van der Waals surface area (Å²) in [5, 5.41) is 8.15. The number of aryl methyl sites for hydroxylation is 2. The molecule has 4 heteroatoms. The van der Waals surface area contributed by atoms with E-state index in [9.17, 15) is 0 Å². The largest absolute Gasteiger partial charge is 0.354 e. The van der Waals surface area contributed by atoms with Crippen molar-refractivity contribution in [2.24, 2.45) is 13.0 Å². The Labute approximate surface area is 117 Å². The van der Waals surface area contributed by atoms with Gasteiger partial charge in [0.05, 0.1) is 5.69 Å². The first-order valence-corrected chi connectivity index (χ1v) is 7.42. The second-order valence-electron chi connectivity index (χ2n) is 6.39. The summed E-state index contributed by atoms with van der Waals surface area (Å²) >= 11 is 0. The molecule has 1 aliphatic rings. The van der Waals surface area contributed by atoms with Crippen LogP contribution in [-0.2, 0) is 13.6 Å². The molecule has 0 saturated carbocycles. The highest BCUT2D eigenvalue weighted by atomic mass is 15.4. The van der Waals surface area contributed by atoms with Crippen molar-refractivity contribution in [2.45, 2.75) is 59.7 Å². The summed E-state index contributed by atoms with van der Waals surface area (Å²) in [4.78, 5) is 2.53. The van der Waals surface area contributed by atoms with Crippen molar-refractivity contribution in [1.82, 2.24) is 15.1 Å². The van der Waals surface area contributed by atoms with Crippen LogP contribution in [0.25, 0.3) is 0 Å². The Morgan fingerprint density at radius 1 is 1.37 bits per heavy atom. The molecule has 2 atom stereocenters. The fourth-order valence-electron chi connectivity index (χ4n) is 3.16. The monoisotopic (exact) mass is 264 g/mol. The van der Waals surface area contributed by atoms with Gasteiger partial charge in [0.15, 0.2) is 0 Å². The Morgan fingerprint density at radius 3 is 2.58 bits per heavy atom. The molecule has 2 rings (SSSR count). The highest BCUT2D eigenvalue weighted by Crippen LogP contribution is 2.32. The molecule has 2 unspecified atom stereocenters. The third-order valence-electron chi connectivity index (χ3n) is 4.06. The Kier molecular flexibility index (Phi) is 4.19. The summed E-state index contributed by atoms with van der Waals surface area (Å²) in [5.41, 5.74) is 2.51. The summed E-state index contributed by atoms with van der Waals surface area (Å²) in [7, 11) is 2.07. The predicted octanol–water partition coefficient (Wildman–Crippen LogP) is 2.46. The zero-order chi connectivity index (χ0) is 14.2. The van der Waals surface area contributed by atoms with E-state index in [1.54, 1.807) is 0 Å². The maximum Gasteiger partial charge on any atom is 0.131 e. The van der Waals surface area contributed by atoms with Crippen LogP contribution in [0.4, 0.5) is 5.82 Å². The Hall–Kier alpha value is -1.03. The first-order chi connectivity index (χ1) is 8.90. The van der Waals surface area contributed by atoms with Crippen molar-refractivity contribution >= 4 is 5.82 Å². The minimum absolute atomic E-state index is 0.502. The van der Waals surface area contributed by atoms with Crippen LogP contribution in [-0.4, -0.2) is 28.4 Å². The van der Waals surface area contributed by atoms with Crippen molar-refractivity contribution in [1.29, 1.82) is 0 Å². The molecule has 0 aliphatic carbocycles. The Balaban J connectivity index is 2.28. The first-order valence-electron chi connectivity index (χ1n) is 7.42. The molecule has 1 fully saturated rings. The molecule has 19 heavy (non-hydrogen) atoms. The van der Waals surface area contributed by atoms with Crippen LogP contribution in [0.5, 0.6) is 0 Å². The molecule has 0 aromatic carbocycles. The van der Waals surface area contributed by atoms with Crippen molar-refractivity contribution in [3.8, 4) is 0 Å². The number of hydrogen-bond acceptors (Lipinski definition) is 3. The van der Waals surface area contributed by atoms with Crippen LogP contribution in [0.15, 0.2) is 0 Å². The van der Waals surface area contributed by atoms with Gasteiger partial charge in [-0.15, -0.1) is 0 Å². The molecular formula is C15H28N4. The third kappa shape index (κ3) is 2.94. The summed E-state index contributed by atoms with van der Waals surface area (Å²) in [6.45, 7) is 13.2. The lowest BCUT2D eigenvalue weighted by atomic mass is 10.1. The molecule has 4 nitrogen and oxygen atoms in total. The number of aromatic nitrogens is 2. The molecule has 1 aliphatic heterocycles. The van der Waals surface area contributed by atoms with Gasteiger partial charge in [0, 0.05) is 37.8 Å². The predicted molar refractivity (Wildman–Crippen MR) is 80.5 cm³/mol. The fourth-order valence-corrected chi connectivity index (χ4v) is 3.16. The quantitative estimate of drug-likeness (QED) is 0.907. The van der Waals surface area contributed by atoms with E-state index in [1.807, 2.05) is 0 Å². The zero-order valence-electron chi connectivity index (χ0n) is 13.2. The molecule has 0 radical (unpaired) electrons. The minimum atomic E-state index is 0.502. The summed E-state index contributed by atoms with van der Waals surface area (Å²) < 4.78 is 2.06. The van der Waals surface area contributed by atoms with Crippen LogP contribution in [0.3, 0.4) is 0 Å². The van der Waals surface area contributed by atoms with Gasteiger partial charge in [0.2, 0.25) is 0 Å². The average Bonchev–Trinajstić information content (AvgIpc) is 2.75. The molecule has 1 saturated heterocycles. The summed E-state index contributed by atoms with van der Waals surface area (Å²) in [5.74, 6) is 2.08. The molecule has 0 bridgehead atoms. The minimum Gasteiger partial charge on any atom is -0.354 e. The molecule has 2 heterocycles. The van der Waals surface area contributed by atoms with E-state index in [0.717, 1.165) is 24.7 Å². The Bertz CT molecular complexity index is 436. The van der Waals surface area contributed by atoms with Gasteiger partial charge >= 0.3 is 0 Å². The number of rotatable bonds is 4. The smallest absolute Gasteiger partial charge is 0.131 e. The molecule has 1 aromatic heterocycles. The van der Waals surface area contributed by atoms with Gasteiger partial charge in [-0.1, -0.05) is 20.8 Å². The van der Waals surface area contributed by atoms with E-state index < -0.39 is 0 Å². The average molecular weight is 264 g/mol. The number of nitrogens with zero attached hydrogens (tertiary/aromatic N) is 3. The molecular weight excluding hydrogens is 236 g/mol. The highest BCUT2D eigenvalue weighted by molar-refractivity contribution is 5.52. The zero-order valence-corrected chi connectivity index (χ0v) is 13.2. The van der Waals surface area contributed by atoms with Crippen LogP contribution < -0.4 is 10.2 Å². The molecule has 1 N–H and O–H groups in total. The standard InChI is InChI=1S/C15H28N4/c1-10(2)16-8-14-13(5)17-18(6)15(14)19-9-11(3)7-12(19)4/h10-12,16H,7-9H2,1-6H3. The fraction of sp³-hybridized carbons (Fsp3) is 0.800. The maximum absolute atomic E-state index is 4.63. The maximum atomic E-state index is 4.63. The van der Waals surface area contributed by atoms with Crippen molar-refractivity contribution in [3.05, 3.63) is 11.3 Å². The number of anilines is 1. The van der Waals surface area contributed by atoms with Crippen molar-refractivity contribution in [2.75, 3.05) is 11.4 Å². The Morgan fingerprint density at radius 2 is 2.05 bits per heavy atom. The highest BCUT2D eigenvalue weighted by Gasteiger charge is 2.30. The van der Waals surface area contributed by atoms with Crippen molar-refractivity contribution < 1.29 is 0 Å². The number of hydrogen-bond donors (Lipinski definition) is 1. The van der Waals surface area contributed by atoms with Crippen LogP contribution in [0, 0.1) is 12.8 Å². The second kappa shape index (κ2) is 5.53. The lowest BCUT2D eigenvalue weighted by molar-refractivity contribution is 0.585. The van der Waals surface area contributed by atoms with Gasteiger partial charge in [0.25, 0.3) is 0 Å². The molecule has 0 amide bonds. The van der Waals surface area contributed by atoms with Gasteiger partial charge in [-0.25, -0.2) is 0 Å². The van der Waals surface area contributed by atoms with Gasteiger partial charge in [0.1, 0.15) is 5.82 Å². The second-order valence-corrected chi connectivity index (χ2v) is 6.39. The molecule has 0 spiro atoms. The lowest BCUT2D eigenvalue weighted by Gasteiger charge is -2.25. The van der Waals surface area contributed by atoms with Gasteiger partial charge in [-0.3, -0.25) is 4.68 Å². The topological polar surface area (TPSA) is 33.1 Å². The van der Waals surface area contributed by atoms with Crippen LogP contribution in [0.2, 0.25) is 0 Å². The van der Waals surface area contributed by atoms with E-state index in [1.165, 1.54) is 17.8 Å². The van der Waals surface area contributed by atoms with Gasteiger partial charge in [-0.2, -0.15) is 5.10 Å². The lowest BCUT2D eigenvalue weighted by Crippen LogP contribution is -2.31. The molecule has 1 aromatic rings. The third-order valence-corrected chi connectivity index (χ3v) is 4.06. The molecule has 108 valence electrons. The van der Waals surface area contributed by atoms with Gasteiger partial charge < -0.3 is 10.2 Å². The summed E-state index contributed by atoms with van der Waals surface area (Å²) in [6, 6.07) is 1.12. The van der Waals surface area contributed by atoms with E-state index in [-0.39, 0.29) is 0 Å². The van der Waals surface area contributed by atoms with E-state index in [0.29, 0.717) is 12.1 Å². The van der Waals surface area contributed by atoms with Crippen LogP contribution in [0.1, 0.15) is 45.4 Å². The van der Waals surface area contributed by atoms with E-state index in [2.05, 4.69) is 61.7 Å². The number of nitrogens with one attached hydrogen (secondary N) is 1.